The quantitative estimate of drug-likeness (QED) is 0.599. The van der Waals surface area contributed by atoms with E-state index in [1.165, 1.54) is 6.07 Å². The van der Waals surface area contributed by atoms with Crippen LogP contribution in [0.2, 0.25) is 0 Å². The molecule has 6 heteroatoms. The summed E-state index contributed by atoms with van der Waals surface area (Å²) >= 11 is 1.10. The number of H-pyrrole nitrogens is 1. The van der Waals surface area contributed by atoms with Crippen LogP contribution in [0, 0.1) is 6.92 Å². The van der Waals surface area contributed by atoms with Crippen LogP contribution in [0.3, 0.4) is 0 Å². The molecule has 1 rings (SSSR count). The van der Waals surface area contributed by atoms with Gasteiger partial charge in [-0.05, 0) is 13.3 Å². The first-order valence-electron chi connectivity index (χ1n) is 5.50. The number of carboxylic acids is 1. The summed E-state index contributed by atoms with van der Waals surface area (Å²) in [7, 11) is 0. The van der Waals surface area contributed by atoms with Crippen LogP contribution in [0.25, 0.3) is 0 Å². The lowest BCUT2D eigenvalue weighted by molar-refractivity contribution is -0.136. The van der Waals surface area contributed by atoms with Gasteiger partial charge in [0.05, 0.1) is 0 Å². The Labute approximate surface area is 104 Å². The number of nitrogens with zero attached hydrogens (tertiary/aromatic N) is 1. The van der Waals surface area contributed by atoms with E-state index < -0.39 is 11.2 Å². The number of aromatic amines is 1. The number of thioether (sulfide) groups is 1. The summed E-state index contributed by atoms with van der Waals surface area (Å²) < 4.78 is 0. The van der Waals surface area contributed by atoms with Crippen LogP contribution in [-0.2, 0) is 4.79 Å². The van der Waals surface area contributed by atoms with Crippen molar-refractivity contribution in [3.63, 3.8) is 0 Å². The number of hydrogen-bond donors (Lipinski definition) is 2. The minimum atomic E-state index is -0.868. The lowest BCUT2D eigenvalue weighted by atomic mass is 10.2. The fourth-order valence-electron chi connectivity index (χ4n) is 1.36. The second-order valence-corrected chi connectivity index (χ2v) is 4.97. The van der Waals surface area contributed by atoms with E-state index in [9.17, 15) is 9.59 Å². The Morgan fingerprint density at radius 3 is 2.88 bits per heavy atom. The third-order valence-corrected chi connectivity index (χ3v) is 3.34. The van der Waals surface area contributed by atoms with Gasteiger partial charge in [-0.1, -0.05) is 31.5 Å². The zero-order valence-electron chi connectivity index (χ0n) is 9.90. The zero-order chi connectivity index (χ0) is 12.8. The molecule has 17 heavy (non-hydrogen) atoms. The zero-order valence-corrected chi connectivity index (χ0v) is 10.7. The fraction of sp³-hybridized carbons (Fsp3) is 0.545. The maximum atomic E-state index is 11.2. The Hall–Kier alpha value is -1.30. The predicted octanol–water partition coefficient (Wildman–Crippen LogP) is 1.81. The summed E-state index contributed by atoms with van der Waals surface area (Å²) in [5.74, 6) is -0.868. The van der Waals surface area contributed by atoms with Crippen LogP contribution in [0.1, 0.15) is 31.9 Å². The van der Waals surface area contributed by atoms with Crippen LogP contribution in [0.4, 0.5) is 0 Å². The number of carbonyl (C=O) groups is 1. The standard InChI is InChI=1S/C11H16N2O3S/c1-3-4-5-8(10(15)16)17-11-12-7(2)6-9(14)13-11/h6,8H,3-5H2,1-2H3,(H,15,16)(H,12,13,14)/t8-/m0/s1. The second kappa shape index (κ2) is 6.44. The van der Waals surface area contributed by atoms with E-state index in [2.05, 4.69) is 9.97 Å². The first-order valence-corrected chi connectivity index (χ1v) is 6.38. The number of aryl methyl sites for hydroxylation is 1. The molecule has 5 nitrogen and oxygen atoms in total. The monoisotopic (exact) mass is 256 g/mol. The smallest absolute Gasteiger partial charge is 0.317 e. The van der Waals surface area contributed by atoms with E-state index in [1.807, 2.05) is 6.92 Å². The van der Waals surface area contributed by atoms with Crippen LogP contribution < -0.4 is 5.56 Å². The number of carboxylic acid groups (broad SMARTS) is 1. The van der Waals surface area contributed by atoms with Crippen molar-refractivity contribution in [1.29, 1.82) is 0 Å². The lowest BCUT2D eigenvalue weighted by Gasteiger charge is -2.10. The normalized spacial score (nSPS) is 12.4. The Morgan fingerprint density at radius 2 is 2.35 bits per heavy atom. The molecule has 0 fully saturated rings. The van der Waals surface area contributed by atoms with Gasteiger partial charge in [0.15, 0.2) is 5.16 Å². The average molecular weight is 256 g/mol. The molecular weight excluding hydrogens is 240 g/mol. The lowest BCUT2D eigenvalue weighted by Crippen LogP contribution is -2.18. The van der Waals surface area contributed by atoms with Crippen LogP contribution in [0.5, 0.6) is 0 Å². The molecule has 0 saturated heterocycles. The van der Waals surface area contributed by atoms with Crippen LogP contribution in [-0.4, -0.2) is 26.3 Å². The molecule has 0 amide bonds. The third kappa shape index (κ3) is 4.60. The first kappa shape index (κ1) is 13.8. The van der Waals surface area contributed by atoms with E-state index in [-0.39, 0.29) is 5.56 Å². The number of aliphatic carboxylic acids is 1. The Kier molecular flexibility index (Phi) is 5.21. The molecule has 94 valence electrons. The molecule has 0 unspecified atom stereocenters. The van der Waals surface area contributed by atoms with Gasteiger partial charge in [-0.25, -0.2) is 4.98 Å². The van der Waals surface area contributed by atoms with Crippen LogP contribution in [0.15, 0.2) is 16.0 Å². The molecule has 1 aromatic rings. The topological polar surface area (TPSA) is 83.0 Å². The summed E-state index contributed by atoms with van der Waals surface area (Å²) in [6.07, 6.45) is 2.37. The van der Waals surface area contributed by atoms with E-state index >= 15 is 0 Å². The molecule has 0 radical (unpaired) electrons. The molecule has 0 aliphatic heterocycles. The number of nitrogens with one attached hydrogen (secondary N) is 1. The Balaban J connectivity index is 2.78. The molecule has 1 heterocycles. The molecule has 0 bridgehead atoms. The predicted molar refractivity (Wildman–Crippen MR) is 66.4 cm³/mol. The van der Waals surface area contributed by atoms with Crippen molar-refractivity contribution in [3.05, 3.63) is 22.1 Å². The summed E-state index contributed by atoms with van der Waals surface area (Å²) in [4.78, 5) is 28.9. The molecule has 0 aliphatic carbocycles. The van der Waals surface area contributed by atoms with E-state index in [0.29, 0.717) is 17.3 Å². The van der Waals surface area contributed by atoms with Crippen molar-refractivity contribution >= 4 is 17.7 Å². The molecule has 1 aromatic heterocycles. The third-order valence-electron chi connectivity index (χ3n) is 2.20. The maximum absolute atomic E-state index is 11.2. The Bertz CT molecular complexity index is 445. The molecule has 2 N–H and O–H groups in total. The van der Waals surface area contributed by atoms with Crippen molar-refractivity contribution < 1.29 is 9.90 Å². The summed E-state index contributed by atoms with van der Waals surface area (Å²) in [6.45, 7) is 3.72. The van der Waals surface area contributed by atoms with Crippen molar-refractivity contribution in [2.24, 2.45) is 0 Å². The maximum Gasteiger partial charge on any atom is 0.317 e. The first-order chi connectivity index (χ1) is 8.02. The summed E-state index contributed by atoms with van der Waals surface area (Å²) in [5, 5.41) is 8.88. The minimum Gasteiger partial charge on any atom is -0.480 e. The summed E-state index contributed by atoms with van der Waals surface area (Å²) in [6, 6.07) is 1.38. The van der Waals surface area contributed by atoms with Gasteiger partial charge in [0.2, 0.25) is 0 Å². The van der Waals surface area contributed by atoms with Gasteiger partial charge in [0, 0.05) is 11.8 Å². The largest absolute Gasteiger partial charge is 0.480 e. The van der Waals surface area contributed by atoms with E-state index in [0.717, 1.165) is 24.6 Å². The van der Waals surface area contributed by atoms with Gasteiger partial charge in [-0.3, -0.25) is 9.59 Å². The second-order valence-electron chi connectivity index (χ2n) is 3.78. The molecule has 0 saturated carbocycles. The highest BCUT2D eigenvalue weighted by Crippen LogP contribution is 2.23. The van der Waals surface area contributed by atoms with Gasteiger partial charge in [0.25, 0.3) is 5.56 Å². The van der Waals surface area contributed by atoms with Gasteiger partial charge in [-0.15, -0.1) is 0 Å². The van der Waals surface area contributed by atoms with Gasteiger partial charge in [0.1, 0.15) is 5.25 Å². The number of rotatable bonds is 6. The van der Waals surface area contributed by atoms with Crippen LogP contribution >= 0.6 is 11.8 Å². The van der Waals surface area contributed by atoms with Crippen molar-refractivity contribution in [1.82, 2.24) is 9.97 Å². The van der Waals surface area contributed by atoms with Gasteiger partial charge >= 0.3 is 5.97 Å². The minimum absolute atomic E-state index is 0.250. The molecule has 0 spiro atoms. The Morgan fingerprint density at radius 1 is 1.65 bits per heavy atom. The van der Waals surface area contributed by atoms with Crippen molar-refractivity contribution in [2.45, 2.75) is 43.5 Å². The highest BCUT2D eigenvalue weighted by molar-refractivity contribution is 8.00. The van der Waals surface area contributed by atoms with E-state index in [1.54, 1.807) is 6.92 Å². The fourth-order valence-corrected chi connectivity index (χ4v) is 2.38. The van der Waals surface area contributed by atoms with E-state index in [4.69, 9.17) is 5.11 Å². The average Bonchev–Trinajstić information content (AvgIpc) is 2.22. The molecular formula is C11H16N2O3S. The molecule has 1 atom stereocenters. The van der Waals surface area contributed by atoms with Crippen molar-refractivity contribution in [3.8, 4) is 0 Å². The number of unbranched alkanes of at least 4 members (excludes halogenated alkanes) is 1. The highest BCUT2D eigenvalue weighted by Gasteiger charge is 2.19. The highest BCUT2D eigenvalue weighted by atomic mass is 32.2. The summed E-state index contributed by atoms with van der Waals surface area (Å²) in [5.41, 5.74) is 0.343. The van der Waals surface area contributed by atoms with Gasteiger partial charge < -0.3 is 10.1 Å². The molecule has 0 aromatic carbocycles. The number of aromatic nitrogens is 2. The number of hydrogen-bond acceptors (Lipinski definition) is 4. The van der Waals surface area contributed by atoms with Crippen molar-refractivity contribution in [2.75, 3.05) is 0 Å². The SMILES string of the molecule is CCCC[C@H](Sc1nc(C)cc(=O)[nH]1)C(=O)O. The van der Waals surface area contributed by atoms with Gasteiger partial charge in [-0.2, -0.15) is 0 Å². The molecule has 0 aliphatic rings.